The predicted octanol–water partition coefficient (Wildman–Crippen LogP) is 6.86. The van der Waals surface area contributed by atoms with Crippen LogP contribution in [0.25, 0.3) is 0 Å². The number of nitrogens with zero attached hydrogens (tertiary/aromatic N) is 4. The minimum atomic E-state index is -1.22. The molecule has 0 saturated heterocycles. The van der Waals surface area contributed by atoms with Crippen LogP contribution in [0.4, 0.5) is 4.79 Å². The van der Waals surface area contributed by atoms with Crippen molar-refractivity contribution < 1.29 is 24.7 Å². The molecule has 2 rings (SSSR count). The Kier molecular flexibility index (Phi) is 7.91. The van der Waals surface area contributed by atoms with Gasteiger partial charge < -0.3 is 10.2 Å². The molecular weight excluding hydrogens is 412 g/mol. The van der Waals surface area contributed by atoms with Crippen molar-refractivity contribution in [2.24, 2.45) is 31.6 Å². The predicted molar refractivity (Wildman–Crippen MR) is 118 cm³/mol. The quantitative estimate of drug-likeness (QED) is 0.373. The summed E-state index contributed by atoms with van der Waals surface area (Å²) in [6, 6.07) is 12.4. The molecule has 0 radical (unpaired) electrons. The molecule has 2 aromatic carbocycles. The molecule has 32 heavy (non-hydrogen) atoms. The van der Waals surface area contributed by atoms with Crippen LogP contribution in [-0.2, 0) is 9.68 Å². The first-order valence-electron chi connectivity index (χ1n) is 10.2. The van der Waals surface area contributed by atoms with Crippen LogP contribution >= 0.6 is 0 Å². The lowest BCUT2D eigenvalue weighted by Gasteiger charge is -2.26. The number of phenols is 2. The van der Waals surface area contributed by atoms with Crippen molar-refractivity contribution in [1.82, 2.24) is 0 Å². The van der Waals surface area contributed by atoms with Crippen LogP contribution in [0.15, 0.2) is 69.3 Å². The second-order valence-electron chi connectivity index (χ2n) is 9.48. The summed E-state index contributed by atoms with van der Waals surface area (Å²) < 4.78 is 0. The summed E-state index contributed by atoms with van der Waals surface area (Å²) in [6.07, 6.45) is -1.22. The Morgan fingerprint density at radius 3 is 1.38 bits per heavy atom. The van der Waals surface area contributed by atoms with E-state index in [0.29, 0.717) is 11.1 Å². The van der Waals surface area contributed by atoms with Gasteiger partial charge in [0.25, 0.3) is 0 Å². The lowest BCUT2D eigenvalue weighted by molar-refractivity contribution is 0.0409. The van der Waals surface area contributed by atoms with Gasteiger partial charge in [-0.15, -0.1) is 10.2 Å². The second kappa shape index (κ2) is 10.2. The smallest absolute Gasteiger partial charge is 0.508 e. The minimum absolute atomic E-state index is 0.0696. The molecule has 0 bridgehead atoms. The molecule has 172 valence electrons. The van der Waals surface area contributed by atoms with Crippen molar-refractivity contribution in [3.05, 3.63) is 59.7 Å². The lowest BCUT2D eigenvalue weighted by atomic mass is 9.82. The van der Waals surface area contributed by atoms with Gasteiger partial charge in [0.05, 0.1) is 0 Å². The molecule has 0 saturated carbocycles. The summed E-state index contributed by atoms with van der Waals surface area (Å²) in [5, 5.41) is 35.3. The number of carbonyl (C=O) groups is 1. The molecule has 0 aliphatic heterocycles. The maximum atomic E-state index is 11.9. The van der Waals surface area contributed by atoms with Gasteiger partial charge in [-0.25, -0.2) is 0 Å². The van der Waals surface area contributed by atoms with E-state index in [1.807, 2.05) is 41.5 Å². The highest BCUT2D eigenvalue weighted by Crippen LogP contribution is 2.41. The fourth-order valence-electron chi connectivity index (χ4n) is 3.07. The van der Waals surface area contributed by atoms with Gasteiger partial charge in [-0.05, 0) is 23.0 Å². The minimum Gasteiger partial charge on any atom is -0.508 e. The van der Waals surface area contributed by atoms with Crippen molar-refractivity contribution >= 4 is 6.16 Å². The average molecular weight is 443 g/mol. The Labute approximate surface area is 187 Å². The first-order chi connectivity index (χ1) is 14.9. The molecule has 2 atom stereocenters. The van der Waals surface area contributed by atoms with Crippen LogP contribution in [0.2, 0.25) is 0 Å². The molecule has 0 aliphatic rings. The number of hydrogen-bond donors (Lipinski definition) is 2. The number of phenolic OH excluding ortho intramolecular Hbond substituents is 2. The standard InChI is InChI=1S/C23H30N4O5/c1-22(2,3)19(15-11-7-9-13-17(15)28)24-26-31-21(30)32-27-25-20(23(4,5)6)16-12-8-10-14-18(16)29/h7-14,19-20,28-29H,1-6H3. The zero-order chi connectivity index (χ0) is 23.9. The van der Waals surface area contributed by atoms with E-state index in [4.69, 9.17) is 0 Å². The highest BCUT2D eigenvalue weighted by atomic mass is 16.9. The molecule has 0 amide bonds. The van der Waals surface area contributed by atoms with E-state index in [9.17, 15) is 15.0 Å². The third kappa shape index (κ3) is 6.76. The number of hydrogen-bond acceptors (Lipinski definition) is 9. The maximum absolute atomic E-state index is 11.9. The zero-order valence-electron chi connectivity index (χ0n) is 19.2. The first kappa shape index (κ1) is 24.8. The largest absolute Gasteiger partial charge is 0.565 e. The van der Waals surface area contributed by atoms with Crippen LogP contribution in [0.3, 0.4) is 0 Å². The Balaban J connectivity index is 2.06. The summed E-state index contributed by atoms with van der Waals surface area (Å²) >= 11 is 0. The van der Waals surface area contributed by atoms with Crippen LogP contribution in [0, 0.1) is 10.8 Å². The monoisotopic (exact) mass is 442 g/mol. The van der Waals surface area contributed by atoms with Crippen molar-refractivity contribution in [2.45, 2.75) is 53.6 Å². The van der Waals surface area contributed by atoms with Crippen LogP contribution in [0.1, 0.15) is 64.8 Å². The molecule has 2 unspecified atom stereocenters. The van der Waals surface area contributed by atoms with E-state index in [0.717, 1.165) is 0 Å². The van der Waals surface area contributed by atoms with Gasteiger partial charge in [0.2, 0.25) is 0 Å². The molecule has 0 aromatic heterocycles. The van der Waals surface area contributed by atoms with Crippen molar-refractivity contribution in [2.75, 3.05) is 0 Å². The van der Waals surface area contributed by atoms with E-state index in [2.05, 4.69) is 30.5 Å². The fraction of sp³-hybridized carbons (Fsp3) is 0.435. The highest BCUT2D eigenvalue weighted by Gasteiger charge is 2.30. The zero-order valence-corrected chi connectivity index (χ0v) is 19.2. The molecule has 9 heteroatoms. The Hall–Kier alpha value is -3.49. The van der Waals surface area contributed by atoms with Crippen LogP contribution in [0.5, 0.6) is 11.5 Å². The Morgan fingerprint density at radius 1 is 0.719 bits per heavy atom. The van der Waals surface area contributed by atoms with E-state index < -0.39 is 29.1 Å². The van der Waals surface area contributed by atoms with Crippen molar-refractivity contribution in [3.8, 4) is 11.5 Å². The normalized spacial score (nSPS) is 14.4. The SMILES string of the molecule is CC(C)(C)C(N=NOC(=O)ON=NC(c1ccccc1O)C(C)(C)C)c1ccccc1O. The molecule has 0 heterocycles. The number of rotatable bonds is 6. The topological polar surface area (TPSA) is 125 Å². The van der Waals surface area contributed by atoms with Gasteiger partial charge in [-0.2, -0.15) is 4.79 Å². The number of carbonyl (C=O) groups excluding carboxylic acids is 1. The van der Waals surface area contributed by atoms with Crippen molar-refractivity contribution in [3.63, 3.8) is 0 Å². The lowest BCUT2D eigenvalue weighted by Crippen LogP contribution is -2.17. The van der Waals surface area contributed by atoms with Crippen LogP contribution < -0.4 is 0 Å². The maximum Gasteiger partial charge on any atom is 0.565 e. The molecule has 2 N–H and O–H groups in total. The van der Waals surface area contributed by atoms with E-state index in [1.165, 1.54) is 0 Å². The summed E-state index contributed by atoms with van der Waals surface area (Å²) in [4.78, 5) is 21.1. The summed E-state index contributed by atoms with van der Waals surface area (Å²) in [7, 11) is 0. The van der Waals surface area contributed by atoms with Gasteiger partial charge in [-0.1, -0.05) is 77.9 Å². The van der Waals surface area contributed by atoms with Crippen LogP contribution in [-0.4, -0.2) is 16.4 Å². The van der Waals surface area contributed by atoms with E-state index in [1.54, 1.807) is 48.5 Å². The van der Waals surface area contributed by atoms with Gasteiger partial charge in [-0.3, -0.25) is 9.68 Å². The molecule has 0 fully saturated rings. The molecule has 9 nitrogen and oxygen atoms in total. The van der Waals surface area contributed by atoms with Gasteiger partial charge in [0.15, 0.2) is 0 Å². The summed E-state index contributed by atoms with van der Waals surface area (Å²) in [5.74, 6) is 0.139. The highest BCUT2D eigenvalue weighted by molar-refractivity contribution is 5.59. The molecule has 0 aliphatic carbocycles. The molecular formula is C23H30N4O5. The van der Waals surface area contributed by atoms with E-state index >= 15 is 0 Å². The van der Waals surface area contributed by atoms with E-state index in [-0.39, 0.29) is 11.5 Å². The molecule has 0 spiro atoms. The summed E-state index contributed by atoms with van der Waals surface area (Å²) in [5.41, 5.74) is 0.284. The van der Waals surface area contributed by atoms with Crippen molar-refractivity contribution in [1.29, 1.82) is 0 Å². The second-order valence-corrected chi connectivity index (χ2v) is 9.48. The third-order valence-corrected chi connectivity index (χ3v) is 4.66. The average Bonchev–Trinajstić information content (AvgIpc) is 2.68. The van der Waals surface area contributed by atoms with Gasteiger partial charge in [0, 0.05) is 21.7 Å². The number of para-hydroxylation sites is 2. The Bertz CT molecular complexity index is 899. The molecule has 2 aromatic rings. The number of benzene rings is 2. The fourth-order valence-corrected chi connectivity index (χ4v) is 3.07. The third-order valence-electron chi connectivity index (χ3n) is 4.66. The van der Waals surface area contributed by atoms with Gasteiger partial charge in [0.1, 0.15) is 23.6 Å². The van der Waals surface area contributed by atoms with Gasteiger partial charge >= 0.3 is 6.16 Å². The number of aromatic hydroxyl groups is 2. The first-order valence-corrected chi connectivity index (χ1v) is 10.2. The Morgan fingerprint density at radius 2 is 1.06 bits per heavy atom. The summed E-state index contributed by atoms with van der Waals surface area (Å²) in [6.45, 7) is 11.5.